The van der Waals surface area contributed by atoms with E-state index in [1.54, 1.807) is 13.8 Å². The lowest BCUT2D eigenvalue weighted by molar-refractivity contribution is -0.140. The van der Waals surface area contributed by atoms with Gasteiger partial charge < -0.3 is 10.4 Å². The van der Waals surface area contributed by atoms with Crippen LogP contribution in [0.15, 0.2) is 18.2 Å². The van der Waals surface area contributed by atoms with Gasteiger partial charge >= 0.3 is 5.97 Å². The zero-order valence-corrected chi connectivity index (χ0v) is 11.2. The third-order valence-corrected chi connectivity index (χ3v) is 2.93. The molecule has 1 aromatic rings. The van der Waals surface area contributed by atoms with Gasteiger partial charge in [0.2, 0.25) is 0 Å². The number of carbonyl (C=O) groups excluding carboxylic acids is 1. The highest BCUT2D eigenvalue weighted by molar-refractivity contribution is 5.99. The molecule has 0 aromatic heterocycles. The van der Waals surface area contributed by atoms with Crippen molar-refractivity contribution in [2.75, 3.05) is 0 Å². The standard InChI is InChI=1S/C14H19NO3/c1-8(2)12(14(17)18)15-13(16)11-9(3)6-5-7-10(11)4/h5-8,12H,1-4H3,(H,15,16)(H,17,18)/t12-/m1/s1. The molecule has 4 nitrogen and oxygen atoms in total. The summed E-state index contributed by atoms with van der Waals surface area (Å²) in [7, 11) is 0. The van der Waals surface area contributed by atoms with E-state index in [-0.39, 0.29) is 11.8 Å². The molecule has 0 saturated carbocycles. The molecule has 0 aliphatic heterocycles. The Morgan fingerprint density at radius 2 is 1.67 bits per heavy atom. The van der Waals surface area contributed by atoms with Crippen molar-refractivity contribution < 1.29 is 14.7 Å². The minimum absolute atomic E-state index is 0.157. The zero-order valence-electron chi connectivity index (χ0n) is 11.2. The summed E-state index contributed by atoms with van der Waals surface area (Å²) in [5.41, 5.74) is 2.25. The molecule has 4 heteroatoms. The van der Waals surface area contributed by atoms with Gasteiger partial charge in [0, 0.05) is 5.56 Å². The average molecular weight is 249 g/mol. The smallest absolute Gasteiger partial charge is 0.326 e. The monoisotopic (exact) mass is 249 g/mol. The second-order valence-electron chi connectivity index (χ2n) is 4.80. The fourth-order valence-corrected chi connectivity index (χ4v) is 1.90. The normalized spacial score (nSPS) is 12.3. The number of nitrogens with one attached hydrogen (secondary N) is 1. The average Bonchev–Trinajstić information content (AvgIpc) is 2.24. The summed E-state index contributed by atoms with van der Waals surface area (Å²) in [6.07, 6.45) is 0. The Bertz CT molecular complexity index is 446. The molecule has 1 atom stereocenters. The number of benzene rings is 1. The molecule has 0 radical (unpaired) electrons. The Morgan fingerprint density at radius 1 is 1.17 bits per heavy atom. The van der Waals surface area contributed by atoms with Gasteiger partial charge in [-0.05, 0) is 30.9 Å². The Balaban J connectivity index is 2.98. The summed E-state index contributed by atoms with van der Waals surface area (Å²) >= 11 is 0. The van der Waals surface area contributed by atoms with E-state index >= 15 is 0 Å². The Hall–Kier alpha value is -1.84. The van der Waals surface area contributed by atoms with Crippen LogP contribution in [0.2, 0.25) is 0 Å². The largest absolute Gasteiger partial charge is 0.480 e. The lowest BCUT2D eigenvalue weighted by atomic mass is 10.00. The summed E-state index contributed by atoms with van der Waals surface area (Å²) in [5.74, 6) is -1.49. The van der Waals surface area contributed by atoms with Crippen LogP contribution >= 0.6 is 0 Å². The third-order valence-electron chi connectivity index (χ3n) is 2.93. The summed E-state index contributed by atoms with van der Waals surface area (Å²) in [5, 5.41) is 11.6. The molecule has 0 spiro atoms. The highest BCUT2D eigenvalue weighted by Gasteiger charge is 2.24. The van der Waals surface area contributed by atoms with Crippen LogP contribution in [0, 0.1) is 19.8 Å². The number of hydrogen-bond donors (Lipinski definition) is 2. The SMILES string of the molecule is Cc1cccc(C)c1C(=O)N[C@@H](C(=O)O)C(C)C. The lowest BCUT2D eigenvalue weighted by Gasteiger charge is -2.19. The van der Waals surface area contributed by atoms with Crippen molar-refractivity contribution in [1.82, 2.24) is 5.32 Å². The van der Waals surface area contributed by atoms with Gasteiger partial charge in [0.05, 0.1) is 0 Å². The number of carboxylic acids is 1. The molecule has 0 bridgehead atoms. The van der Waals surface area contributed by atoms with Crippen LogP contribution in [0.4, 0.5) is 0 Å². The maximum atomic E-state index is 12.1. The highest BCUT2D eigenvalue weighted by atomic mass is 16.4. The second kappa shape index (κ2) is 5.67. The quantitative estimate of drug-likeness (QED) is 0.859. The van der Waals surface area contributed by atoms with Gasteiger partial charge in [-0.3, -0.25) is 4.79 Å². The minimum atomic E-state index is -1.01. The second-order valence-corrected chi connectivity index (χ2v) is 4.80. The maximum Gasteiger partial charge on any atom is 0.326 e. The Morgan fingerprint density at radius 3 is 2.06 bits per heavy atom. The first-order chi connectivity index (χ1) is 8.34. The van der Waals surface area contributed by atoms with Crippen LogP contribution in [0.25, 0.3) is 0 Å². The lowest BCUT2D eigenvalue weighted by Crippen LogP contribution is -2.44. The number of amides is 1. The van der Waals surface area contributed by atoms with Crippen molar-refractivity contribution in [3.05, 3.63) is 34.9 Å². The summed E-state index contributed by atoms with van der Waals surface area (Å²) in [6.45, 7) is 7.22. The van der Waals surface area contributed by atoms with Crippen LogP contribution in [-0.4, -0.2) is 23.0 Å². The number of hydrogen-bond acceptors (Lipinski definition) is 2. The van der Waals surface area contributed by atoms with Crippen molar-refractivity contribution in [3.8, 4) is 0 Å². The zero-order chi connectivity index (χ0) is 13.9. The summed E-state index contributed by atoms with van der Waals surface area (Å²) in [6, 6.07) is 4.69. The van der Waals surface area contributed by atoms with E-state index in [4.69, 9.17) is 5.11 Å². The van der Waals surface area contributed by atoms with Gasteiger partial charge in [-0.15, -0.1) is 0 Å². The molecule has 0 aliphatic carbocycles. The molecule has 0 heterocycles. The molecular weight excluding hydrogens is 230 g/mol. The van der Waals surface area contributed by atoms with Crippen LogP contribution in [0.3, 0.4) is 0 Å². The predicted molar refractivity (Wildman–Crippen MR) is 69.6 cm³/mol. The molecule has 1 rings (SSSR count). The molecule has 2 N–H and O–H groups in total. The minimum Gasteiger partial charge on any atom is -0.480 e. The van der Waals surface area contributed by atoms with E-state index in [0.29, 0.717) is 5.56 Å². The van der Waals surface area contributed by atoms with E-state index in [1.807, 2.05) is 32.0 Å². The van der Waals surface area contributed by atoms with E-state index < -0.39 is 12.0 Å². The van der Waals surface area contributed by atoms with Gasteiger partial charge in [-0.2, -0.15) is 0 Å². The molecule has 0 unspecified atom stereocenters. The van der Waals surface area contributed by atoms with Gasteiger partial charge in [-0.25, -0.2) is 4.79 Å². The molecule has 0 fully saturated rings. The van der Waals surface area contributed by atoms with Crippen molar-refractivity contribution in [2.24, 2.45) is 5.92 Å². The van der Waals surface area contributed by atoms with Crippen LogP contribution in [-0.2, 0) is 4.79 Å². The third kappa shape index (κ3) is 3.09. The number of aliphatic carboxylic acids is 1. The van der Waals surface area contributed by atoms with Crippen LogP contribution in [0.1, 0.15) is 35.3 Å². The van der Waals surface area contributed by atoms with Gasteiger partial charge in [0.1, 0.15) is 6.04 Å². The number of aryl methyl sites for hydroxylation is 2. The van der Waals surface area contributed by atoms with Gasteiger partial charge in [-0.1, -0.05) is 32.0 Å². The molecule has 1 aromatic carbocycles. The molecular formula is C14H19NO3. The van der Waals surface area contributed by atoms with Gasteiger partial charge in [0.15, 0.2) is 0 Å². The molecule has 1 amide bonds. The van der Waals surface area contributed by atoms with E-state index in [9.17, 15) is 9.59 Å². The maximum absolute atomic E-state index is 12.1. The van der Waals surface area contributed by atoms with Crippen molar-refractivity contribution in [1.29, 1.82) is 0 Å². The van der Waals surface area contributed by atoms with Crippen molar-refractivity contribution in [2.45, 2.75) is 33.7 Å². The molecule has 98 valence electrons. The van der Waals surface area contributed by atoms with Crippen LogP contribution < -0.4 is 5.32 Å². The number of carbonyl (C=O) groups is 2. The van der Waals surface area contributed by atoms with Crippen molar-refractivity contribution >= 4 is 11.9 Å². The Kier molecular flexibility index (Phi) is 4.48. The van der Waals surface area contributed by atoms with E-state index in [2.05, 4.69) is 5.32 Å². The highest BCUT2D eigenvalue weighted by Crippen LogP contribution is 2.14. The predicted octanol–water partition coefficient (Wildman–Crippen LogP) is 2.14. The fourth-order valence-electron chi connectivity index (χ4n) is 1.90. The summed E-state index contributed by atoms with van der Waals surface area (Å²) < 4.78 is 0. The van der Waals surface area contributed by atoms with E-state index in [1.165, 1.54) is 0 Å². The first-order valence-corrected chi connectivity index (χ1v) is 5.94. The number of rotatable bonds is 4. The fraction of sp³-hybridized carbons (Fsp3) is 0.429. The van der Waals surface area contributed by atoms with Crippen molar-refractivity contribution in [3.63, 3.8) is 0 Å². The molecule has 0 saturated heterocycles. The first kappa shape index (κ1) is 14.2. The van der Waals surface area contributed by atoms with Crippen LogP contribution in [0.5, 0.6) is 0 Å². The van der Waals surface area contributed by atoms with E-state index in [0.717, 1.165) is 11.1 Å². The number of carboxylic acid groups (broad SMARTS) is 1. The van der Waals surface area contributed by atoms with Gasteiger partial charge in [0.25, 0.3) is 5.91 Å². The first-order valence-electron chi connectivity index (χ1n) is 5.94. The Labute approximate surface area is 107 Å². The molecule has 0 aliphatic rings. The topological polar surface area (TPSA) is 66.4 Å². The summed E-state index contributed by atoms with van der Waals surface area (Å²) in [4.78, 5) is 23.2. The molecule has 18 heavy (non-hydrogen) atoms.